The molecule has 0 aliphatic heterocycles. The number of hydrogen-bond donors (Lipinski definition) is 2. The molecule has 13 heteroatoms. The van der Waals surface area contributed by atoms with Crippen molar-refractivity contribution < 1.29 is 37.0 Å². The maximum Gasteiger partial charge on any atom is 0.417 e. The maximum atomic E-state index is 13.7. The van der Waals surface area contributed by atoms with Crippen molar-refractivity contribution >= 4 is 34.8 Å². The molecule has 0 aromatic heterocycles. The van der Waals surface area contributed by atoms with E-state index in [-0.39, 0.29) is 47.3 Å². The van der Waals surface area contributed by atoms with Gasteiger partial charge in [-0.1, -0.05) is 41.9 Å². The van der Waals surface area contributed by atoms with E-state index in [9.17, 15) is 22.8 Å². The molecule has 1 saturated carbocycles. The number of para-hydroxylation sites is 1. The van der Waals surface area contributed by atoms with E-state index in [0.717, 1.165) is 24.1 Å². The molecule has 4 aromatic rings. The quantitative estimate of drug-likeness (QED) is 0.126. The Morgan fingerprint density at radius 2 is 1.38 bits per heavy atom. The SMILES string of the molecule is CN(C)CCOc1ccccc1C(=O)Nc1cccc(C2CCC(Oc3cccc(OCCN(C)C)c3C(=O)Nc3ccc(Cl)c(C(F)(F)F)c3)C2)c1. The van der Waals surface area contributed by atoms with Crippen molar-refractivity contribution in [2.75, 3.05) is 65.1 Å². The first-order chi connectivity index (χ1) is 25.3. The summed E-state index contributed by atoms with van der Waals surface area (Å²) >= 11 is 5.80. The number of anilines is 2. The summed E-state index contributed by atoms with van der Waals surface area (Å²) < 4.78 is 59.0. The molecule has 4 aromatic carbocycles. The van der Waals surface area contributed by atoms with Crippen LogP contribution in [0.2, 0.25) is 5.02 Å². The van der Waals surface area contributed by atoms with E-state index in [1.807, 2.05) is 68.3 Å². The number of hydrogen-bond acceptors (Lipinski definition) is 7. The van der Waals surface area contributed by atoms with Crippen LogP contribution in [0.4, 0.5) is 24.5 Å². The van der Waals surface area contributed by atoms with Gasteiger partial charge in [-0.25, -0.2) is 0 Å². The summed E-state index contributed by atoms with van der Waals surface area (Å²) in [7, 11) is 7.68. The minimum Gasteiger partial charge on any atom is -0.491 e. The van der Waals surface area contributed by atoms with E-state index in [4.69, 9.17) is 25.8 Å². The number of halogens is 4. The first-order valence-electron chi connectivity index (χ1n) is 17.3. The van der Waals surface area contributed by atoms with Gasteiger partial charge in [0.05, 0.1) is 22.3 Å². The maximum absolute atomic E-state index is 13.7. The van der Waals surface area contributed by atoms with Crippen LogP contribution in [0.1, 0.15) is 57.0 Å². The summed E-state index contributed by atoms with van der Waals surface area (Å²) in [5.41, 5.74) is 1.07. The van der Waals surface area contributed by atoms with Crippen LogP contribution in [0.5, 0.6) is 17.2 Å². The Morgan fingerprint density at radius 1 is 0.755 bits per heavy atom. The number of amides is 2. The summed E-state index contributed by atoms with van der Waals surface area (Å²) in [6.45, 7) is 2.00. The fourth-order valence-corrected chi connectivity index (χ4v) is 6.25. The second-order valence-corrected chi connectivity index (χ2v) is 13.8. The molecule has 0 radical (unpaired) electrons. The van der Waals surface area contributed by atoms with Gasteiger partial charge in [0.2, 0.25) is 0 Å². The highest BCUT2D eigenvalue weighted by Gasteiger charge is 2.34. The molecular weight excluding hydrogens is 709 g/mol. The molecule has 5 rings (SSSR count). The Morgan fingerprint density at radius 3 is 2.09 bits per heavy atom. The second kappa shape index (κ2) is 17.8. The summed E-state index contributed by atoms with van der Waals surface area (Å²) in [5, 5.41) is 5.11. The van der Waals surface area contributed by atoms with Crippen molar-refractivity contribution in [1.29, 1.82) is 0 Å². The summed E-state index contributed by atoms with van der Waals surface area (Å²) in [6.07, 6.45) is -2.83. The van der Waals surface area contributed by atoms with Crippen molar-refractivity contribution in [2.45, 2.75) is 37.5 Å². The van der Waals surface area contributed by atoms with E-state index in [2.05, 4.69) is 10.6 Å². The lowest BCUT2D eigenvalue weighted by molar-refractivity contribution is -0.137. The molecule has 9 nitrogen and oxygen atoms in total. The number of carbonyl (C=O) groups is 2. The molecule has 2 unspecified atom stereocenters. The third-order valence-electron chi connectivity index (χ3n) is 8.76. The van der Waals surface area contributed by atoms with Crippen molar-refractivity contribution in [1.82, 2.24) is 9.80 Å². The Labute approximate surface area is 313 Å². The fraction of sp³-hybridized carbons (Fsp3) is 0.350. The number of ether oxygens (including phenoxy) is 3. The molecule has 1 aliphatic carbocycles. The van der Waals surface area contributed by atoms with Crippen molar-refractivity contribution in [3.63, 3.8) is 0 Å². The van der Waals surface area contributed by atoms with Gasteiger partial charge in [0.1, 0.15) is 36.0 Å². The van der Waals surface area contributed by atoms with E-state index in [1.54, 1.807) is 36.4 Å². The Kier molecular flexibility index (Phi) is 13.3. The molecule has 0 bridgehead atoms. The predicted octanol–water partition coefficient (Wildman–Crippen LogP) is 8.46. The number of benzene rings is 4. The monoisotopic (exact) mass is 752 g/mol. The Hall–Kier alpha value is -4.78. The van der Waals surface area contributed by atoms with Crippen LogP contribution in [-0.4, -0.2) is 82.2 Å². The summed E-state index contributed by atoms with van der Waals surface area (Å²) in [6, 6.07) is 23.0. The number of likely N-dealkylation sites (N-methyl/N-ethyl adjacent to an activating group) is 2. The van der Waals surface area contributed by atoms with Crippen molar-refractivity contribution in [3.8, 4) is 17.2 Å². The molecule has 2 amide bonds. The standard InChI is InChI=1S/C40H44ClF3N4O5/c1-47(2)19-21-51-34-12-6-5-11-31(34)38(49)45-28-10-7-9-26(23-28)27-15-17-30(24-27)53-36-14-8-13-35(52-22-20-48(3)4)37(36)39(50)46-29-16-18-33(41)32(25-29)40(42,43)44/h5-14,16,18,23,25,27,30H,15,17,19-22,24H2,1-4H3,(H,45,49)(H,46,50). The van der Waals surface area contributed by atoms with E-state index in [1.165, 1.54) is 6.07 Å². The lowest BCUT2D eigenvalue weighted by atomic mass is 9.97. The van der Waals surface area contributed by atoms with Crippen LogP contribution in [0.25, 0.3) is 0 Å². The smallest absolute Gasteiger partial charge is 0.417 e. The Bertz CT molecular complexity index is 1890. The average molecular weight is 753 g/mol. The number of carbonyl (C=O) groups excluding carboxylic acids is 2. The molecule has 2 atom stereocenters. The van der Waals surface area contributed by atoms with Gasteiger partial charge >= 0.3 is 6.18 Å². The minimum absolute atomic E-state index is 0.0750. The van der Waals surface area contributed by atoms with Gasteiger partial charge in [-0.2, -0.15) is 13.2 Å². The van der Waals surface area contributed by atoms with E-state index < -0.39 is 22.7 Å². The van der Waals surface area contributed by atoms with Gasteiger partial charge < -0.3 is 34.6 Å². The number of alkyl halides is 3. The molecule has 1 aliphatic rings. The molecule has 0 saturated heterocycles. The predicted molar refractivity (Wildman–Crippen MR) is 201 cm³/mol. The lowest BCUT2D eigenvalue weighted by Gasteiger charge is -2.20. The molecular formula is C40H44ClF3N4O5. The zero-order chi connectivity index (χ0) is 38.1. The topological polar surface area (TPSA) is 92.4 Å². The first-order valence-corrected chi connectivity index (χ1v) is 17.7. The summed E-state index contributed by atoms with van der Waals surface area (Å²) in [4.78, 5) is 31.0. The van der Waals surface area contributed by atoms with Gasteiger partial charge in [-0.05, 0) is 114 Å². The summed E-state index contributed by atoms with van der Waals surface area (Å²) in [5.74, 6) is 0.173. The highest BCUT2D eigenvalue weighted by atomic mass is 35.5. The van der Waals surface area contributed by atoms with Crippen LogP contribution < -0.4 is 24.8 Å². The number of nitrogens with one attached hydrogen (secondary N) is 2. The molecule has 282 valence electrons. The fourth-order valence-electron chi connectivity index (χ4n) is 6.02. The van der Waals surface area contributed by atoms with Gasteiger partial charge in [0.15, 0.2) is 0 Å². The van der Waals surface area contributed by atoms with E-state index >= 15 is 0 Å². The molecule has 0 spiro atoms. The van der Waals surface area contributed by atoms with Crippen LogP contribution >= 0.6 is 11.6 Å². The van der Waals surface area contributed by atoms with Crippen LogP contribution in [0, 0.1) is 0 Å². The molecule has 53 heavy (non-hydrogen) atoms. The average Bonchev–Trinajstić information content (AvgIpc) is 3.57. The van der Waals surface area contributed by atoms with Crippen LogP contribution in [0.15, 0.2) is 84.9 Å². The highest BCUT2D eigenvalue weighted by molar-refractivity contribution is 6.31. The van der Waals surface area contributed by atoms with Crippen LogP contribution in [0.3, 0.4) is 0 Å². The van der Waals surface area contributed by atoms with E-state index in [0.29, 0.717) is 49.5 Å². The molecule has 2 N–H and O–H groups in total. The lowest BCUT2D eigenvalue weighted by Crippen LogP contribution is -2.22. The molecule has 1 fully saturated rings. The first kappa shape index (κ1) is 39.4. The van der Waals surface area contributed by atoms with Gasteiger partial charge in [-0.3, -0.25) is 9.59 Å². The normalized spacial score (nSPS) is 15.7. The van der Waals surface area contributed by atoms with Gasteiger partial charge in [0, 0.05) is 24.5 Å². The zero-order valence-electron chi connectivity index (χ0n) is 30.1. The van der Waals surface area contributed by atoms with Gasteiger partial charge in [0.25, 0.3) is 11.8 Å². The van der Waals surface area contributed by atoms with Gasteiger partial charge in [-0.15, -0.1) is 0 Å². The van der Waals surface area contributed by atoms with Crippen molar-refractivity contribution in [2.24, 2.45) is 0 Å². The highest BCUT2D eigenvalue weighted by Crippen LogP contribution is 2.40. The number of rotatable bonds is 15. The Balaban J connectivity index is 1.30. The second-order valence-electron chi connectivity index (χ2n) is 13.4. The molecule has 0 heterocycles. The number of nitrogens with zero attached hydrogens (tertiary/aromatic N) is 2. The van der Waals surface area contributed by atoms with Crippen LogP contribution in [-0.2, 0) is 6.18 Å². The van der Waals surface area contributed by atoms with Crippen molar-refractivity contribution in [3.05, 3.63) is 112 Å². The largest absolute Gasteiger partial charge is 0.491 e. The third kappa shape index (κ3) is 10.9. The minimum atomic E-state index is -4.70. The third-order valence-corrected chi connectivity index (χ3v) is 9.09. The zero-order valence-corrected chi connectivity index (χ0v) is 30.9.